The molecule has 0 aromatic rings. The number of rotatable bonds is 13. The molecular formula is C12H24O5. The highest BCUT2D eigenvalue weighted by atomic mass is 16.6. The van der Waals surface area contributed by atoms with Gasteiger partial charge in [-0.3, -0.25) is 0 Å². The molecule has 0 bridgehead atoms. The number of ether oxygens (including phenoxy) is 4. The van der Waals surface area contributed by atoms with Crippen molar-refractivity contribution in [2.24, 2.45) is 0 Å². The second-order valence-corrected chi connectivity index (χ2v) is 3.37. The Bertz CT molecular complexity index is 163. The molecule has 1 N–H and O–H groups in total. The molecule has 0 radical (unpaired) electrons. The largest absolute Gasteiger partial charge is 0.394 e. The highest BCUT2D eigenvalue weighted by molar-refractivity contribution is 4.74. The maximum Gasteiger partial charge on any atom is 0.0726 e. The summed E-state index contributed by atoms with van der Waals surface area (Å²) in [6, 6.07) is 0. The van der Waals surface area contributed by atoms with Gasteiger partial charge in [0.05, 0.1) is 59.0 Å². The average molecular weight is 248 g/mol. The maximum atomic E-state index is 8.44. The molecule has 0 aromatic heterocycles. The molecule has 0 amide bonds. The Morgan fingerprint density at radius 3 is 1.88 bits per heavy atom. The zero-order valence-electron chi connectivity index (χ0n) is 10.6. The zero-order chi connectivity index (χ0) is 12.8. The van der Waals surface area contributed by atoms with E-state index in [-0.39, 0.29) is 12.7 Å². The number of aliphatic hydroxyl groups excluding tert-OH is 1. The van der Waals surface area contributed by atoms with Gasteiger partial charge in [-0.05, 0) is 6.92 Å². The summed E-state index contributed by atoms with van der Waals surface area (Å²) in [5.74, 6) is 0. The monoisotopic (exact) mass is 248 g/mol. The van der Waals surface area contributed by atoms with Gasteiger partial charge >= 0.3 is 0 Å². The van der Waals surface area contributed by atoms with Crippen LogP contribution < -0.4 is 0 Å². The van der Waals surface area contributed by atoms with E-state index in [0.29, 0.717) is 46.2 Å². The lowest BCUT2D eigenvalue weighted by Crippen LogP contribution is -2.14. The molecule has 0 spiro atoms. The molecule has 0 aliphatic heterocycles. The van der Waals surface area contributed by atoms with E-state index in [1.165, 1.54) is 0 Å². The van der Waals surface area contributed by atoms with Crippen molar-refractivity contribution in [3.05, 3.63) is 12.7 Å². The predicted octanol–water partition coefficient (Wildman–Crippen LogP) is 0.620. The van der Waals surface area contributed by atoms with Gasteiger partial charge in [0.15, 0.2) is 0 Å². The van der Waals surface area contributed by atoms with Gasteiger partial charge in [-0.25, -0.2) is 0 Å². The predicted molar refractivity (Wildman–Crippen MR) is 65.2 cm³/mol. The molecule has 0 saturated heterocycles. The molecule has 5 heteroatoms. The fraction of sp³-hybridized carbons (Fsp3) is 0.833. The Morgan fingerprint density at radius 1 is 0.941 bits per heavy atom. The van der Waals surface area contributed by atoms with Crippen LogP contribution in [0, 0.1) is 0 Å². The fourth-order valence-corrected chi connectivity index (χ4v) is 0.967. The van der Waals surface area contributed by atoms with E-state index in [1.54, 1.807) is 6.08 Å². The van der Waals surface area contributed by atoms with Crippen LogP contribution in [0.1, 0.15) is 6.92 Å². The third-order valence-electron chi connectivity index (χ3n) is 1.92. The highest BCUT2D eigenvalue weighted by Gasteiger charge is 1.95. The van der Waals surface area contributed by atoms with Crippen LogP contribution in [0.4, 0.5) is 0 Å². The molecule has 5 nitrogen and oxygen atoms in total. The highest BCUT2D eigenvalue weighted by Crippen LogP contribution is 1.90. The SMILES string of the molecule is C=CC(C)OCCOCCOCCOCCO. The molecule has 102 valence electrons. The van der Waals surface area contributed by atoms with Gasteiger partial charge in [0.1, 0.15) is 0 Å². The minimum absolute atomic E-state index is 0.0479. The van der Waals surface area contributed by atoms with Gasteiger partial charge in [0, 0.05) is 0 Å². The molecule has 1 atom stereocenters. The third-order valence-corrected chi connectivity index (χ3v) is 1.92. The first-order chi connectivity index (χ1) is 8.31. The lowest BCUT2D eigenvalue weighted by Gasteiger charge is -2.09. The van der Waals surface area contributed by atoms with E-state index >= 15 is 0 Å². The topological polar surface area (TPSA) is 57.2 Å². The van der Waals surface area contributed by atoms with Gasteiger partial charge in [-0.15, -0.1) is 6.58 Å². The van der Waals surface area contributed by atoms with Crippen molar-refractivity contribution in [1.29, 1.82) is 0 Å². The Balaban J connectivity index is 2.96. The van der Waals surface area contributed by atoms with E-state index in [1.807, 2.05) is 6.92 Å². The van der Waals surface area contributed by atoms with Crippen molar-refractivity contribution in [2.45, 2.75) is 13.0 Å². The van der Waals surface area contributed by atoms with Crippen LogP contribution in [-0.2, 0) is 18.9 Å². The number of aliphatic hydroxyl groups is 1. The molecule has 0 aliphatic rings. The lowest BCUT2D eigenvalue weighted by molar-refractivity contribution is -0.0105. The second kappa shape index (κ2) is 13.6. The molecule has 0 heterocycles. The second-order valence-electron chi connectivity index (χ2n) is 3.37. The van der Waals surface area contributed by atoms with Crippen LogP contribution >= 0.6 is 0 Å². The quantitative estimate of drug-likeness (QED) is 0.382. The van der Waals surface area contributed by atoms with Crippen LogP contribution in [0.3, 0.4) is 0 Å². The molecule has 0 aromatic carbocycles. The minimum Gasteiger partial charge on any atom is -0.394 e. The smallest absolute Gasteiger partial charge is 0.0726 e. The summed E-state index contributed by atoms with van der Waals surface area (Å²) >= 11 is 0. The Morgan fingerprint density at radius 2 is 1.41 bits per heavy atom. The van der Waals surface area contributed by atoms with Crippen molar-refractivity contribution in [3.8, 4) is 0 Å². The van der Waals surface area contributed by atoms with E-state index in [0.717, 1.165) is 0 Å². The standard InChI is InChI=1S/C12H24O5/c1-3-12(2)17-11-10-16-9-8-15-7-6-14-5-4-13/h3,12-13H,1,4-11H2,2H3. The first kappa shape index (κ1) is 16.5. The lowest BCUT2D eigenvalue weighted by atomic mass is 10.4. The molecule has 1 unspecified atom stereocenters. The van der Waals surface area contributed by atoms with Crippen LogP contribution in [0.2, 0.25) is 0 Å². The van der Waals surface area contributed by atoms with Crippen molar-refractivity contribution >= 4 is 0 Å². The van der Waals surface area contributed by atoms with Crippen LogP contribution in [0.5, 0.6) is 0 Å². The normalized spacial score (nSPS) is 12.6. The van der Waals surface area contributed by atoms with Gasteiger partial charge in [-0.2, -0.15) is 0 Å². The summed E-state index contributed by atoms with van der Waals surface area (Å²) in [6.45, 7) is 9.19. The van der Waals surface area contributed by atoms with Crippen LogP contribution in [0.15, 0.2) is 12.7 Å². The molecule has 0 saturated carbocycles. The maximum absolute atomic E-state index is 8.44. The summed E-state index contributed by atoms with van der Waals surface area (Å²) in [4.78, 5) is 0. The fourth-order valence-electron chi connectivity index (χ4n) is 0.967. The summed E-state index contributed by atoms with van der Waals surface area (Å²) < 4.78 is 20.9. The molecular weight excluding hydrogens is 224 g/mol. The van der Waals surface area contributed by atoms with Gasteiger partial charge in [-0.1, -0.05) is 6.08 Å². The van der Waals surface area contributed by atoms with Gasteiger partial charge < -0.3 is 24.1 Å². The van der Waals surface area contributed by atoms with E-state index in [9.17, 15) is 0 Å². The first-order valence-electron chi connectivity index (χ1n) is 5.89. The Kier molecular flexibility index (Phi) is 13.2. The first-order valence-corrected chi connectivity index (χ1v) is 5.89. The summed E-state index contributed by atoms with van der Waals surface area (Å²) in [5.41, 5.74) is 0. The molecule has 0 aliphatic carbocycles. The van der Waals surface area contributed by atoms with Crippen molar-refractivity contribution in [2.75, 3.05) is 52.9 Å². The zero-order valence-corrected chi connectivity index (χ0v) is 10.6. The van der Waals surface area contributed by atoms with Gasteiger partial charge in [0.2, 0.25) is 0 Å². The summed E-state index contributed by atoms with van der Waals surface area (Å²) in [7, 11) is 0. The van der Waals surface area contributed by atoms with E-state index in [2.05, 4.69) is 6.58 Å². The molecule has 0 rings (SSSR count). The van der Waals surface area contributed by atoms with Crippen molar-refractivity contribution in [3.63, 3.8) is 0 Å². The summed E-state index contributed by atoms with van der Waals surface area (Å²) in [5, 5.41) is 8.44. The Hall–Kier alpha value is -0.460. The summed E-state index contributed by atoms with van der Waals surface area (Å²) in [6.07, 6.45) is 1.81. The van der Waals surface area contributed by atoms with Crippen molar-refractivity contribution in [1.82, 2.24) is 0 Å². The molecule has 0 fully saturated rings. The average Bonchev–Trinajstić information content (AvgIpc) is 2.35. The van der Waals surface area contributed by atoms with E-state index in [4.69, 9.17) is 24.1 Å². The minimum atomic E-state index is 0.0479. The van der Waals surface area contributed by atoms with Crippen LogP contribution in [0.25, 0.3) is 0 Å². The van der Waals surface area contributed by atoms with Crippen molar-refractivity contribution < 1.29 is 24.1 Å². The van der Waals surface area contributed by atoms with Crippen LogP contribution in [-0.4, -0.2) is 64.1 Å². The third kappa shape index (κ3) is 13.5. The number of hydrogen-bond acceptors (Lipinski definition) is 5. The number of hydrogen-bond donors (Lipinski definition) is 1. The van der Waals surface area contributed by atoms with Gasteiger partial charge in [0.25, 0.3) is 0 Å². The molecule has 17 heavy (non-hydrogen) atoms. The Labute approximate surface area is 103 Å². The van der Waals surface area contributed by atoms with E-state index < -0.39 is 0 Å².